The standard InChI is InChI=1S/C22H32N4O2/c1-24(2)15-13-21(10-3-4-11-21)17-6-8-18(9-7-17)25-16-22(19(23)27)12-5-14-26(22)20(25)28/h6-9H,3-5,10-16H2,1-2H3,(H2,23,27)/t22-/m1/s1. The quantitative estimate of drug-likeness (QED) is 0.820. The molecule has 2 aliphatic heterocycles. The van der Waals surface area contributed by atoms with Gasteiger partial charge in [0.2, 0.25) is 5.91 Å². The fraction of sp³-hybridized carbons (Fsp3) is 0.636. The Morgan fingerprint density at radius 3 is 2.36 bits per heavy atom. The van der Waals surface area contributed by atoms with Crippen molar-refractivity contribution in [2.45, 2.75) is 55.9 Å². The Morgan fingerprint density at radius 2 is 1.79 bits per heavy atom. The topological polar surface area (TPSA) is 69.9 Å². The summed E-state index contributed by atoms with van der Waals surface area (Å²) >= 11 is 0. The van der Waals surface area contributed by atoms with Gasteiger partial charge >= 0.3 is 6.03 Å². The molecule has 2 N–H and O–H groups in total. The van der Waals surface area contributed by atoms with Gasteiger partial charge in [-0.15, -0.1) is 0 Å². The molecule has 0 radical (unpaired) electrons. The van der Waals surface area contributed by atoms with Crippen LogP contribution in [0.3, 0.4) is 0 Å². The third-order valence-corrected chi connectivity index (χ3v) is 7.22. The fourth-order valence-corrected chi connectivity index (χ4v) is 5.50. The molecular weight excluding hydrogens is 352 g/mol. The zero-order valence-corrected chi connectivity index (χ0v) is 17.1. The van der Waals surface area contributed by atoms with Crippen LogP contribution >= 0.6 is 0 Å². The van der Waals surface area contributed by atoms with Crippen molar-refractivity contribution in [2.24, 2.45) is 5.73 Å². The number of rotatable bonds is 6. The number of amides is 3. The van der Waals surface area contributed by atoms with Crippen molar-refractivity contribution in [3.63, 3.8) is 0 Å². The monoisotopic (exact) mass is 384 g/mol. The lowest BCUT2D eigenvalue weighted by molar-refractivity contribution is -0.125. The summed E-state index contributed by atoms with van der Waals surface area (Å²) in [5, 5.41) is 0. The molecule has 6 nitrogen and oxygen atoms in total. The average Bonchev–Trinajstić information content (AvgIpc) is 3.37. The molecule has 0 bridgehead atoms. The lowest BCUT2D eigenvalue weighted by Gasteiger charge is -2.31. The van der Waals surface area contributed by atoms with E-state index in [1.807, 2.05) is 0 Å². The number of carbonyl (C=O) groups excluding carboxylic acids is 2. The second-order valence-corrected chi connectivity index (χ2v) is 9.11. The Bertz CT molecular complexity index is 754. The summed E-state index contributed by atoms with van der Waals surface area (Å²) in [4.78, 5) is 30.7. The van der Waals surface area contributed by atoms with Gasteiger partial charge in [0.25, 0.3) is 0 Å². The minimum atomic E-state index is -0.825. The summed E-state index contributed by atoms with van der Waals surface area (Å²) in [5.41, 5.74) is 7.37. The van der Waals surface area contributed by atoms with E-state index in [9.17, 15) is 9.59 Å². The number of benzene rings is 1. The van der Waals surface area contributed by atoms with E-state index >= 15 is 0 Å². The normalized spacial score (nSPS) is 26.3. The molecule has 0 aromatic heterocycles. The molecule has 0 spiro atoms. The Kier molecular flexibility index (Phi) is 4.86. The molecular formula is C22H32N4O2. The molecule has 3 aliphatic rings. The van der Waals surface area contributed by atoms with Crippen molar-refractivity contribution in [1.82, 2.24) is 9.80 Å². The molecule has 1 aromatic rings. The first-order valence-corrected chi connectivity index (χ1v) is 10.5. The predicted octanol–water partition coefficient (Wildman–Crippen LogP) is 2.71. The lowest BCUT2D eigenvalue weighted by Crippen LogP contribution is -2.52. The number of carbonyl (C=O) groups is 2. The average molecular weight is 385 g/mol. The first-order valence-electron chi connectivity index (χ1n) is 10.5. The number of fused-ring (bicyclic) bond motifs is 1. The number of nitrogens with two attached hydrogens (primary N) is 1. The molecule has 4 rings (SSSR count). The van der Waals surface area contributed by atoms with Gasteiger partial charge in [0.1, 0.15) is 5.54 Å². The second-order valence-electron chi connectivity index (χ2n) is 9.11. The van der Waals surface area contributed by atoms with Crippen LogP contribution < -0.4 is 10.6 Å². The van der Waals surface area contributed by atoms with Crippen LogP contribution in [0.15, 0.2) is 24.3 Å². The number of anilines is 1. The minimum Gasteiger partial charge on any atom is -0.368 e. The zero-order chi connectivity index (χ0) is 19.9. The van der Waals surface area contributed by atoms with E-state index in [0.717, 1.165) is 18.7 Å². The van der Waals surface area contributed by atoms with E-state index in [2.05, 4.69) is 43.3 Å². The van der Waals surface area contributed by atoms with Crippen molar-refractivity contribution in [3.05, 3.63) is 29.8 Å². The zero-order valence-electron chi connectivity index (χ0n) is 17.1. The summed E-state index contributed by atoms with van der Waals surface area (Å²) in [6.45, 7) is 2.07. The molecule has 2 heterocycles. The molecule has 2 saturated heterocycles. The van der Waals surface area contributed by atoms with Crippen LogP contribution in [-0.4, -0.2) is 61.0 Å². The smallest absolute Gasteiger partial charge is 0.325 e. The van der Waals surface area contributed by atoms with Crippen LogP contribution in [-0.2, 0) is 10.2 Å². The van der Waals surface area contributed by atoms with Crippen molar-refractivity contribution in [3.8, 4) is 0 Å². The highest BCUT2D eigenvalue weighted by Gasteiger charge is 2.56. The van der Waals surface area contributed by atoms with E-state index in [1.165, 1.54) is 37.7 Å². The highest BCUT2D eigenvalue weighted by molar-refractivity contribution is 6.02. The maximum Gasteiger partial charge on any atom is 0.325 e. The molecule has 1 saturated carbocycles. The Morgan fingerprint density at radius 1 is 1.11 bits per heavy atom. The van der Waals surface area contributed by atoms with Crippen LogP contribution in [0, 0.1) is 0 Å². The fourth-order valence-electron chi connectivity index (χ4n) is 5.50. The van der Waals surface area contributed by atoms with E-state index < -0.39 is 5.54 Å². The maximum atomic E-state index is 12.9. The minimum absolute atomic E-state index is 0.0905. The maximum absolute atomic E-state index is 12.9. The summed E-state index contributed by atoms with van der Waals surface area (Å²) in [7, 11) is 4.26. The van der Waals surface area contributed by atoms with Gasteiger partial charge in [-0.05, 0) is 75.9 Å². The van der Waals surface area contributed by atoms with Crippen molar-refractivity contribution < 1.29 is 9.59 Å². The van der Waals surface area contributed by atoms with Crippen LogP contribution in [0.25, 0.3) is 0 Å². The number of nitrogens with zero attached hydrogens (tertiary/aromatic N) is 3. The van der Waals surface area contributed by atoms with Gasteiger partial charge in [-0.2, -0.15) is 0 Å². The number of primary amides is 1. The third-order valence-electron chi connectivity index (χ3n) is 7.22. The van der Waals surface area contributed by atoms with Gasteiger partial charge in [-0.3, -0.25) is 9.69 Å². The molecule has 6 heteroatoms. The first-order chi connectivity index (χ1) is 13.4. The first kappa shape index (κ1) is 19.2. The number of hydrogen-bond donors (Lipinski definition) is 1. The molecule has 3 fully saturated rings. The van der Waals surface area contributed by atoms with Crippen LogP contribution in [0.1, 0.15) is 50.5 Å². The van der Waals surface area contributed by atoms with Crippen molar-refractivity contribution >= 4 is 17.6 Å². The molecule has 1 atom stereocenters. The van der Waals surface area contributed by atoms with E-state index in [1.54, 1.807) is 9.80 Å². The molecule has 1 aliphatic carbocycles. The Balaban J connectivity index is 1.57. The van der Waals surface area contributed by atoms with Gasteiger partial charge in [-0.1, -0.05) is 25.0 Å². The van der Waals surface area contributed by atoms with Gasteiger partial charge < -0.3 is 15.5 Å². The van der Waals surface area contributed by atoms with Crippen molar-refractivity contribution in [2.75, 3.05) is 38.6 Å². The Labute approximate surface area is 167 Å². The van der Waals surface area contributed by atoms with Crippen LogP contribution in [0.5, 0.6) is 0 Å². The molecule has 152 valence electrons. The largest absolute Gasteiger partial charge is 0.368 e. The predicted molar refractivity (Wildman–Crippen MR) is 110 cm³/mol. The van der Waals surface area contributed by atoms with E-state index in [4.69, 9.17) is 5.73 Å². The SMILES string of the molecule is CN(C)CCC1(c2ccc(N3C[C@@]4(C(N)=O)CCCN4C3=O)cc2)CCCC1. The summed E-state index contributed by atoms with van der Waals surface area (Å²) < 4.78 is 0. The number of urea groups is 1. The molecule has 28 heavy (non-hydrogen) atoms. The Hall–Kier alpha value is -2.08. The highest BCUT2D eigenvalue weighted by Crippen LogP contribution is 2.45. The summed E-state index contributed by atoms with van der Waals surface area (Å²) in [6.07, 6.45) is 7.72. The highest BCUT2D eigenvalue weighted by atomic mass is 16.2. The lowest BCUT2D eigenvalue weighted by atomic mass is 9.76. The summed E-state index contributed by atoms with van der Waals surface area (Å²) in [6, 6.07) is 8.42. The van der Waals surface area contributed by atoms with Gasteiger partial charge in [0.15, 0.2) is 0 Å². The molecule has 3 amide bonds. The van der Waals surface area contributed by atoms with Crippen LogP contribution in [0.2, 0.25) is 0 Å². The van der Waals surface area contributed by atoms with Gasteiger partial charge in [0, 0.05) is 12.2 Å². The molecule has 1 aromatic carbocycles. The second kappa shape index (κ2) is 7.07. The summed E-state index contributed by atoms with van der Waals surface area (Å²) in [5.74, 6) is -0.383. The van der Waals surface area contributed by atoms with Gasteiger partial charge in [-0.25, -0.2) is 4.79 Å². The third kappa shape index (κ3) is 2.98. The number of hydrogen-bond acceptors (Lipinski definition) is 3. The van der Waals surface area contributed by atoms with E-state index in [0.29, 0.717) is 19.5 Å². The molecule has 0 unspecified atom stereocenters. The van der Waals surface area contributed by atoms with Gasteiger partial charge in [0.05, 0.1) is 6.54 Å². The van der Waals surface area contributed by atoms with E-state index in [-0.39, 0.29) is 17.4 Å². The van der Waals surface area contributed by atoms with Crippen LogP contribution in [0.4, 0.5) is 10.5 Å². The van der Waals surface area contributed by atoms with Crippen molar-refractivity contribution in [1.29, 1.82) is 0 Å².